The SMILES string of the molecule is O=C(/C=C/c1ccc2c(c1)OCO2)NCC1CCS(=O)(=O)C1. The molecule has 118 valence electrons. The molecule has 3 rings (SSSR count). The normalized spacial score (nSPS) is 22.1. The first-order chi connectivity index (χ1) is 10.5. The van der Waals surface area contributed by atoms with Crippen molar-refractivity contribution in [1.82, 2.24) is 5.32 Å². The van der Waals surface area contributed by atoms with Crippen molar-refractivity contribution in [2.45, 2.75) is 6.42 Å². The Bertz CT molecular complexity index is 711. The minimum absolute atomic E-state index is 0.0212. The van der Waals surface area contributed by atoms with Crippen LogP contribution < -0.4 is 14.8 Å². The zero-order valence-corrected chi connectivity index (χ0v) is 12.8. The van der Waals surface area contributed by atoms with Crippen LogP contribution in [0.1, 0.15) is 12.0 Å². The topological polar surface area (TPSA) is 81.7 Å². The van der Waals surface area contributed by atoms with E-state index < -0.39 is 9.84 Å². The second-order valence-corrected chi connectivity index (χ2v) is 7.69. The van der Waals surface area contributed by atoms with Gasteiger partial charge in [-0.15, -0.1) is 0 Å². The highest BCUT2D eigenvalue weighted by Gasteiger charge is 2.27. The molecular weight excluding hydrogens is 306 g/mol. The minimum atomic E-state index is -2.90. The molecule has 1 aromatic rings. The molecular formula is C15H17NO5S. The van der Waals surface area contributed by atoms with Gasteiger partial charge in [-0.2, -0.15) is 0 Å². The number of ether oxygens (including phenoxy) is 2. The van der Waals surface area contributed by atoms with Crippen LogP contribution in [0.3, 0.4) is 0 Å². The molecule has 1 atom stereocenters. The zero-order valence-electron chi connectivity index (χ0n) is 11.9. The van der Waals surface area contributed by atoms with Gasteiger partial charge in [0.15, 0.2) is 21.3 Å². The van der Waals surface area contributed by atoms with Gasteiger partial charge in [0.1, 0.15) is 0 Å². The maximum absolute atomic E-state index is 11.8. The fourth-order valence-electron chi connectivity index (χ4n) is 2.53. The van der Waals surface area contributed by atoms with Crippen molar-refractivity contribution in [3.05, 3.63) is 29.8 Å². The van der Waals surface area contributed by atoms with Gasteiger partial charge in [0.2, 0.25) is 12.7 Å². The van der Waals surface area contributed by atoms with Gasteiger partial charge in [-0.3, -0.25) is 4.79 Å². The van der Waals surface area contributed by atoms with Crippen LogP contribution in [-0.2, 0) is 14.6 Å². The number of fused-ring (bicyclic) bond motifs is 1. The summed E-state index contributed by atoms with van der Waals surface area (Å²) >= 11 is 0. The molecule has 0 radical (unpaired) electrons. The van der Waals surface area contributed by atoms with E-state index in [9.17, 15) is 13.2 Å². The van der Waals surface area contributed by atoms with E-state index in [4.69, 9.17) is 9.47 Å². The van der Waals surface area contributed by atoms with Crippen LogP contribution >= 0.6 is 0 Å². The average Bonchev–Trinajstić information content (AvgIpc) is 3.08. The van der Waals surface area contributed by atoms with E-state index in [1.807, 2.05) is 6.07 Å². The second kappa shape index (κ2) is 6.00. The van der Waals surface area contributed by atoms with Gasteiger partial charge in [-0.25, -0.2) is 8.42 Å². The molecule has 0 spiro atoms. The number of carbonyl (C=O) groups is 1. The summed E-state index contributed by atoms with van der Waals surface area (Å²) in [5, 5.41) is 2.74. The number of hydrogen-bond donors (Lipinski definition) is 1. The fourth-order valence-corrected chi connectivity index (χ4v) is 4.39. The average molecular weight is 323 g/mol. The van der Waals surface area contributed by atoms with Crippen molar-refractivity contribution in [2.75, 3.05) is 24.8 Å². The van der Waals surface area contributed by atoms with E-state index in [-0.39, 0.29) is 30.1 Å². The Morgan fingerprint density at radius 2 is 2.14 bits per heavy atom. The molecule has 1 aromatic carbocycles. The monoisotopic (exact) mass is 323 g/mol. The van der Waals surface area contributed by atoms with E-state index >= 15 is 0 Å². The van der Waals surface area contributed by atoms with Gasteiger partial charge in [-0.1, -0.05) is 6.07 Å². The van der Waals surface area contributed by atoms with Gasteiger partial charge in [0.25, 0.3) is 0 Å². The summed E-state index contributed by atoms with van der Waals surface area (Å²) in [7, 11) is -2.90. The predicted octanol–water partition coefficient (Wildman–Crippen LogP) is 0.979. The van der Waals surface area contributed by atoms with Crippen molar-refractivity contribution < 1.29 is 22.7 Å². The lowest BCUT2D eigenvalue weighted by atomic mass is 10.1. The summed E-state index contributed by atoms with van der Waals surface area (Å²) in [5.41, 5.74) is 0.836. The summed E-state index contributed by atoms with van der Waals surface area (Å²) < 4.78 is 33.2. The molecule has 0 aliphatic carbocycles. The summed E-state index contributed by atoms with van der Waals surface area (Å²) in [5.74, 6) is 1.54. The van der Waals surface area contributed by atoms with Crippen LogP contribution in [0.4, 0.5) is 0 Å². The molecule has 22 heavy (non-hydrogen) atoms. The lowest BCUT2D eigenvalue weighted by molar-refractivity contribution is -0.116. The van der Waals surface area contributed by atoms with Gasteiger partial charge < -0.3 is 14.8 Å². The number of rotatable bonds is 4. The van der Waals surface area contributed by atoms with Gasteiger partial charge >= 0.3 is 0 Å². The number of hydrogen-bond acceptors (Lipinski definition) is 5. The molecule has 0 bridgehead atoms. The smallest absolute Gasteiger partial charge is 0.244 e. The highest BCUT2D eigenvalue weighted by Crippen LogP contribution is 2.32. The van der Waals surface area contributed by atoms with Crippen molar-refractivity contribution in [1.29, 1.82) is 0 Å². The van der Waals surface area contributed by atoms with Crippen LogP contribution in [0.2, 0.25) is 0 Å². The number of amides is 1. The molecule has 7 heteroatoms. The maximum Gasteiger partial charge on any atom is 0.244 e. The Hall–Kier alpha value is -2.02. The Kier molecular flexibility index (Phi) is 4.06. The molecule has 1 saturated heterocycles. The lowest BCUT2D eigenvalue weighted by Crippen LogP contribution is -2.28. The second-order valence-electron chi connectivity index (χ2n) is 5.46. The van der Waals surface area contributed by atoms with E-state index in [0.29, 0.717) is 24.5 Å². The quantitative estimate of drug-likeness (QED) is 0.835. The largest absolute Gasteiger partial charge is 0.454 e. The van der Waals surface area contributed by atoms with Gasteiger partial charge in [0, 0.05) is 12.6 Å². The minimum Gasteiger partial charge on any atom is -0.454 e. The van der Waals surface area contributed by atoms with Crippen LogP contribution in [0.15, 0.2) is 24.3 Å². The number of sulfone groups is 1. The summed E-state index contributed by atoms with van der Waals surface area (Å²) in [6.07, 6.45) is 3.73. The van der Waals surface area contributed by atoms with E-state index in [1.165, 1.54) is 6.08 Å². The third-order valence-corrected chi connectivity index (χ3v) is 5.55. The molecule has 6 nitrogen and oxygen atoms in total. The Morgan fingerprint density at radius 1 is 1.32 bits per heavy atom. The molecule has 1 unspecified atom stereocenters. The van der Waals surface area contributed by atoms with Crippen LogP contribution in [0, 0.1) is 5.92 Å². The molecule has 1 N–H and O–H groups in total. The Balaban J connectivity index is 1.51. The third-order valence-electron chi connectivity index (χ3n) is 3.72. The maximum atomic E-state index is 11.8. The van der Waals surface area contributed by atoms with Gasteiger partial charge in [0.05, 0.1) is 11.5 Å². The molecule has 2 heterocycles. The summed E-state index contributed by atoms with van der Waals surface area (Å²) in [6, 6.07) is 5.43. The van der Waals surface area contributed by atoms with Crippen LogP contribution in [0.5, 0.6) is 11.5 Å². The van der Waals surface area contributed by atoms with Gasteiger partial charge in [-0.05, 0) is 36.1 Å². The van der Waals surface area contributed by atoms with Crippen LogP contribution in [-0.4, -0.2) is 39.2 Å². The van der Waals surface area contributed by atoms with Crippen molar-refractivity contribution >= 4 is 21.8 Å². The Morgan fingerprint density at radius 3 is 2.91 bits per heavy atom. The van der Waals surface area contributed by atoms with Crippen molar-refractivity contribution in [2.24, 2.45) is 5.92 Å². The fraction of sp³-hybridized carbons (Fsp3) is 0.400. The molecule has 1 fully saturated rings. The zero-order chi connectivity index (χ0) is 15.6. The number of benzene rings is 1. The summed E-state index contributed by atoms with van der Waals surface area (Å²) in [4.78, 5) is 11.8. The first-order valence-electron chi connectivity index (χ1n) is 7.08. The molecule has 0 aromatic heterocycles. The highest BCUT2D eigenvalue weighted by atomic mass is 32.2. The lowest BCUT2D eigenvalue weighted by Gasteiger charge is -2.07. The molecule has 1 amide bonds. The molecule has 2 aliphatic heterocycles. The standard InChI is InChI=1S/C15H17NO5S/c17-15(16-8-12-5-6-22(18,19)9-12)4-2-11-1-3-13-14(7-11)21-10-20-13/h1-4,7,12H,5-6,8-10H2,(H,16,17)/b4-2+. The summed E-state index contributed by atoms with van der Waals surface area (Å²) in [6.45, 7) is 0.608. The predicted molar refractivity (Wildman–Crippen MR) is 81.4 cm³/mol. The van der Waals surface area contributed by atoms with E-state index in [0.717, 1.165) is 5.56 Å². The Labute approximate surface area is 129 Å². The van der Waals surface area contributed by atoms with Crippen LogP contribution in [0.25, 0.3) is 6.08 Å². The molecule has 2 aliphatic rings. The van der Waals surface area contributed by atoms with Crippen molar-refractivity contribution in [3.8, 4) is 11.5 Å². The first-order valence-corrected chi connectivity index (χ1v) is 8.90. The third kappa shape index (κ3) is 3.59. The first kappa shape index (κ1) is 14.9. The molecule has 0 saturated carbocycles. The number of nitrogens with one attached hydrogen (secondary N) is 1. The van der Waals surface area contributed by atoms with E-state index in [1.54, 1.807) is 18.2 Å². The number of carbonyl (C=O) groups excluding carboxylic acids is 1. The highest BCUT2D eigenvalue weighted by molar-refractivity contribution is 7.91. The van der Waals surface area contributed by atoms with E-state index in [2.05, 4.69) is 5.32 Å². The van der Waals surface area contributed by atoms with Crippen molar-refractivity contribution in [3.63, 3.8) is 0 Å².